The van der Waals surface area contributed by atoms with E-state index in [1.807, 2.05) is 37.3 Å². The highest BCUT2D eigenvalue weighted by atomic mass is 19.4. The Labute approximate surface area is 229 Å². The van der Waals surface area contributed by atoms with Crippen LogP contribution in [-0.4, -0.2) is 23.7 Å². The largest absolute Gasteiger partial charge is 0.493 e. The molecular formula is C32H40F3N3O. The smallest absolute Gasteiger partial charge is 0.416 e. The third-order valence-electron chi connectivity index (χ3n) is 8.62. The number of rotatable bonds is 9. The van der Waals surface area contributed by atoms with Crippen LogP contribution in [0.5, 0.6) is 5.75 Å². The van der Waals surface area contributed by atoms with Crippen LogP contribution in [0.2, 0.25) is 0 Å². The van der Waals surface area contributed by atoms with Gasteiger partial charge in [0.25, 0.3) is 0 Å². The summed E-state index contributed by atoms with van der Waals surface area (Å²) in [5.74, 6) is 2.68. The van der Waals surface area contributed by atoms with Crippen molar-refractivity contribution in [3.05, 3.63) is 59.8 Å². The van der Waals surface area contributed by atoms with E-state index in [0.29, 0.717) is 18.0 Å². The van der Waals surface area contributed by atoms with Crippen molar-refractivity contribution in [2.45, 2.75) is 77.4 Å². The van der Waals surface area contributed by atoms with E-state index in [9.17, 15) is 13.2 Å². The molecule has 7 heteroatoms. The van der Waals surface area contributed by atoms with E-state index in [2.05, 4.69) is 29.5 Å². The van der Waals surface area contributed by atoms with E-state index < -0.39 is 11.7 Å². The van der Waals surface area contributed by atoms with Gasteiger partial charge >= 0.3 is 6.18 Å². The Hall–Kier alpha value is -2.80. The van der Waals surface area contributed by atoms with Crippen LogP contribution in [0.25, 0.3) is 10.9 Å². The maximum absolute atomic E-state index is 13.8. The molecule has 5 rings (SSSR count). The second kappa shape index (κ2) is 11.4. The van der Waals surface area contributed by atoms with Crippen molar-refractivity contribution in [3.8, 4) is 5.75 Å². The topological polar surface area (TPSA) is 46.2 Å². The number of benzene rings is 2. The van der Waals surface area contributed by atoms with E-state index in [1.165, 1.54) is 32.1 Å². The van der Waals surface area contributed by atoms with Crippen LogP contribution in [0.15, 0.2) is 48.5 Å². The van der Waals surface area contributed by atoms with Gasteiger partial charge in [0.2, 0.25) is 0 Å². The Balaban J connectivity index is 1.24. The van der Waals surface area contributed by atoms with Gasteiger partial charge in [-0.3, -0.25) is 4.98 Å². The Morgan fingerprint density at radius 3 is 2.49 bits per heavy atom. The quantitative estimate of drug-likeness (QED) is 0.267. The van der Waals surface area contributed by atoms with Gasteiger partial charge in [-0.05, 0) is 100 Å². The van der Waals surface area contributed by atoms with Crippen molar-refractivity contribution >= 4 is 22.3 Å². The number of anilines is 2. The van der Waals surface area contributed by atoms with Gasteiger partial charge in [0.05, 0.1) is 17.7 Å². The second-order valence-electron chi connectivity index (χ2n) is 11.9. The van der Waals surface area contributed by atoms with Gasteiger partial charge in [-0.25, -0.2) is 0 Å². The lowest BCUT2D eigenvalue weighted by molar-refractivity contribution is -0.137. The SMILES string of the molecule is CCC1(NCCCOc2cc(Nc3cc(C)nc4ccccc34)cc(C(F)(F)F)c2)CC2CC(C)CC(C2)C1. The summed E-state index contributed by atoms with van der Waals surface area (Å²) in [4.78, 5) is 4.52. The van der Waals surface area contributed by atoms with E-state index in [4.69, 9.17) is 4.74 Å². The summed E-state index contributed by atoms with van der Waals surface area (Å²) >= 11 is 0. The van der Waals surface area contributed by atoms with Gasteiger partial charge in [-0.1, -0.05) is 32.0 Å². The molecule has 0 saturated heterocycles. The summed E-state index contributed by atoms with van der Waals surface area (Å²) in [5.41, 5.74) is 2.08. The standard InChI is InChI=1S/C32H40F3N3O/c1-4-31(19-23-12-21(2)13-24(15-23)20-31)36-10-7-11-39-27-17-25(32(33,34)35)16-26(18-27)38-30-14-22(3)37-29-9-6-5-8-28(29)30/h5-6,8-9,14,16-18,21,23-24,36H,4,7,10-13,15,19-20H2,1-3H3,(H,37,38). The number of aryl methyl sites for hydroxylation is 1. The molecule has 2 N–H and O–H groups in total. The number of ether oxygens (including phenoxy) is 1. The molecule has 1 heterocycles. The third kappa shape index (κ3) is 6.68. The number of hydrogen-bond acceptors (Lipinski definition) is 4. The number of hydrogen-bond donors (Lipinski definition) is 2. The molecule has 2 fully saturated rings. The Kier molecular flexibility index (Phi) is 8.08. The van der Waals surface area contributed by atoms with Gasteiger partial charge in [0, 0.05) is 34.1 Å². The van der Waals surface area contributed by atoms with Gasteiger partial charge in [0.15, 0.2) is 0 Å². The lowest BCUT2D eigenvalue weighted by Crippen LogP contribution is -2.52. The number of alkyl halides is 3. The van der Waals surface area contributed by atoms with E-state index in [1.54, 1.807) is 6.07 Å². The summed E-state index contributed by atoms with van der Waals surface area (Å²) in [6.07, 6.45) is 3.89. The molecule has 3 aromatic rings. The highest BCUT2D eigenvalue weighted by molar-refractivity contribution is 5.93. The molecule has 4 nitrogen and oxygen atoms in total. The Morgan fingerprint density at radius 1 is 1.03 bits per heavy atom. The van der Waals surface area contributed by atoms with Crippen LogP contribution >= 0.6 is 0 Å². The summed E-state index contributed by atoms with van der Waals surface area (Å²) in [7, 11) is 0. The van der Waals surface area contributed by atoms with Crippen molar-refractivity contribution in [1.29, 1.82) is 0 Å². The Morgan fingerprint density at radius 2 is 1.77 bits per heavy atom. The predicted octanol–water partition coefficient (Wildman–Crippen LogP) is 8.66. The monoisotopic (exact) mass is 539 g/mol. The fourth-order valence-corrected chi connectivity index (χ4v) is 7.08. The van der Waals surface area contributed by atoms with Crippen molar-refractivity contribution in [2.75, 3.05) is 18.5 Å². The van der Waals surface area contributed by atoms with Gasteiger partial charge in [-0.15, -0.1) is 0 Å². The zero-order chi connectivity index (χ0) is 27.6. The van der Waals surface area contributed by atoms with Crippen molar-refractivity contribution in [2.24, 2.45) is 17.8 Å². The highest BCUT2D eigenvalue weighted by Gasteiger charge is 2.42. The molecule has 2 atom stereocenters. The highest BCUT2D eigenvalue weighted by Crippen LogP contribution is 2.47. The van der Waals surface area contributed by atoms with E-state index >= 15 is 0 Å². The minimum atomic E-state index is -4.47. The zero-order valence-corrected chi connectivity index (χ0v) is 23.2. The number of halogens is 3. The van der Waals surface area contributed by atoms with Crippen LogP contribution in [0.3, 0.4) is 0 Å². The fourth-order valence-electron chi connectivity index (χ4n) is 7.08. The van der Waals surface area contributed by atoms with Gasteiger partial charge in [-0.2, -0.15) is 13.2 Å². The minimum Gasteiger partial charge on any atom is -0.493 e. The number of aromatic nitrogens is 1. The number of para-hydroxylation sites is 1. The lowest BCUT2D eigenvalue weighted by atomic mass is 9.61. The maximum Gasteiger partial charge on any atom is 0.416 e. The average molecular weight is 540 g/mol. The molecular weight excluding hydrogens is 499 g/mol. The molecule has 2 saturated carbocycles. The first-order valence-electron chi connectivity index (χ1n) is 14.4. The fraction of sp³-hybridized carbons (Fsp3) is 0.531. The zero-order valence-electron chi connectivity index (χ0n) is 23.2. The molecule has 2 aliphatic rings. The molecule has 1 aromatic heterocycles. The molecule has 0 spiro atoms. The number of pyridine rings is 1. The molecule has 2 aliphatic carbocycles. The summed E-state index contributed by atoms with van der Waals surface area (Å²) in [5, 5.41) is 7.87. The molecule has 39 heavy (non-hydrogen) atoms. The lowest BCUT2D eigenvalue weighted by Gasteiger charge is -2.49. The maximum atomic E-state index is 13.8. The van der Waals surface area contributed by atoms with Gasteiger partial charge < -0.3 is 15.4 Å². The molecule has 2 aromatic carbocycles. The van der Waals surface area contributed by atoms with E-state index in [0.717, 1.165) is 65.9 Å². The normalized spacial score (nSPS) is 25.0. The predicted molar refractivity (Wildman–Crippen MR) is 152 cm³/mol. The van der Waals surface area contributed by atoms with Crippen LogP contribution < -0.4 is 15.4 Å². The van der Waals surface area contributed by atoms with Crippen molar-refractivity contribution in [1.82, 2.24) is 10.3 Å². The minimum absolute atomic E-state index is 0.187. The average Bonchev–Trinajstić information content (AvgIpc) is 2.87. The number of fused-ring (bicyclic) bond motifs is 3. The van der Waals surface area contributed by atoms with Gasteiger partial charge in [0.1, 0.15) is 5.75 Å². The molecule has 2 unspecified atom stereocenters. The van der Waals surface area contributed by atoms with Crippen LogP contribution in [0.4, 0.5) is 24.5 Å². The first-order valence-corrected chi connectivity index (χ1v) is 14.4. The second-order valence-corrected chi connectivity index (χ2v) is 11.9. The van der Waals surface area contributed by atoms with Crippen LogP contribution in [0, 0.1) is 24.7 Å². The first-order chi connectivity index (χ1) is 18.6. The number of nitrogens with one attached hydrogen (secondary N) is 2. The van der Waals surface area contributed by atoms with E-state index in [-0.39, 0.29) is 11.3 Å². The molecule has 0 aliphatic heterocycles. The van der Waals surface area contributed by atoms with Crippen molar-refractivity contribution in [3.63, 3.8) is 0 Å². The summed E-state index contributed by atoms with van der Waals surface area (Å²) in [6, 6.07) is 13.3. The molecule has 210 valence electrons. The molecule has 0 radical (unpaired) electrons. The first kappa shape index (κ1) is 27.8. The molecule has 2 bridgehead atoms. The molecule has 0 amide bonds. The third-order valence-corrected chi connectivity index (χ3v) is 8.62. The summed E-state index contributed by atoms with van der Waals surface area (Å²) < 4.78 is 47.1. The number of nitrogens with zero attached hydrogens (tertiary/aromatic N) is 1. The van der Waals surface area contributed by atoms with Crippen LogP contribution in [0.1, 0.15) is 70.1 Å². The van der Waals surface area contributed by atoms with Crippen molar-refractivity contribution < 1.29 is 17.9 Å². The summed E-state index contributed by atoms with van der Waals surface area (Å²) in [6.45, 7) is 7.69. The van der Waals surface area contributed by atoms with Crippen LogP contribution in [-0.2, 0) is 6.18 Å². The Bertz CT molecular complexity index is 1270.